The monoisotopic (exact) mass is 663 g/mol. The van der Waals surface area contributed by atoms with E-state index in [-0.39, 0.29) is 17.9 Å². The van der Waals surface area contributed by atoms with Gasteiger partial charge in [0.25, 0.3) is 0 Å². The van der Waals surface area contributed by atoms with Gasteiger partial charge in [0.2, 0.25) is 0 Å². The summed E-state index contributed by atoms with van der Waals surface area (Å²) in [6.07, 6.45) is 11.5. The predicted molar refractivity (Wildman–Crippen MR) is 218 cm³/mol. The first kappa shape index (κ1) is 29.2. The second kappa shape index (κ2) is 11.2. The molecule has 8 aromatic rings. The molecule has 3 unspecified atom stereocenters. The van der Waals surface area contributed by atoms with E-state index in [4.69, 9.17) is 4.99 Å². The maximum absolute atomic E-state index is 13.1. The lowest BCUT2D eigenvalue weighted by Crippen LogP contribution is -2.19. The first-order chi connectivity index (χ1) is 25.7. The van der Waals surface area contributed by atoms with E-state index < -0.39 is 0 Å². The topological polar surface area (TPSA) is 32.6 Å². The van der Waals surface area contributed by atoms with E-state index in [1.807, 2.05) is 0 Å². The van der Waals surface area contributed by atoms with Crippen molar-refractivity contribution in [2.45, 2.75) is 17.9 Å². The Morgan fingerprint density at radius 3 is 1.90 bits per heavy atom. The third-order valence-corrected chi connectivity index (χ3v) is 11.5. The number of nitrogens with zero attached hydrogens (tertiary/aromatic N) is 1. The van der Waals surface area contributed by atoms with E-state index in [9.17, 15) is 5.11 Å². The van der Waals surface area contributed by atoms with Crippen LogP contribution >= 0.6 is 0 Å². The number of phenolic OH excluding ortho intramolecular Hbond substituents is 1. The molecular weight excluding hydrogens is 631 g/mol. The predicted octanol–water partition coefficient (Wildman–Crippen LogP) is 12.9. The normalized spacial score (nSPS) is 18.0. The van der Waals surface area contributed by atoms with Gasteiger partial charge in [-0.15, -0.1) is 0 Å². The first-order valence-electron chi connectivity index (χ1n) is 18.1. The van der Waals surface area contributed by atoms with Crippen LogP contribution in [0.4, 0.5) is 0 Å². The molecule has 0 spiro atoms. The van der Waals surface area contributed by atoms with Crippen molar-refractivity contribution in [3.05, 3.63) is 186 Å². The second-order valence-corrected chi connectivity index (χ2v) is 14.3. The minimum Gasteiger partial charge on any atom is -0.507 e. The molecule has 1 N–H and O–H groups in total. The van der Waals surface area contributed by atoms with Crippen LogP contribution in [0.3, 0.4) is 0 Å². The van der Waals surface area contributed by atoms with Crippen LogP contribution in [-0.2, 0) is 0 Å². The van der Waals surface area contributed by atoms with Crippen molar-refractivity contribution < 1.29 is 5.11 Å². The van der Waals surface area contributed by atoms with Crippen LogP contribution in [-0.4, -0.2) is 11.3 Å². The van der Waals surface area contributed by atoms with E-state index in [2.05, 4.69) is 176 Å². The molecule has 11 rings (SSSR count). The number of allylic oxidation sites excluding steroid dienone is 2. The van der Waals surface area contributed by atoms with Gasteiger partial charge in [0.1, 0.15) is 11.8 Å². The molecule has 1 aliphatic heterocycles. The fourth-order valence-corrected chi connectivity index (χ4v) is 9.13. The van der Waals surface area contributed by atoms with E-state index in [0.29, 0.717) is 5.75 Å². The number of aliphatic imine (C=N–C) groups is 1. The number of aromatic hydroxyl groups is 1. The molecule has 3 atom stereocenters. The van der Waals surface area contributed by atoms with Crippen molar-refractivity contribution in [2.24, 2.45) is 4.99 Å². The van der Waals surface area contributed by atoms with Crippen molar-refractivity contribution in [1.29, 1.82) is 0 Å². The maximum atomic E-state index is 13.1. The fourth-order valence-electron chi connectivity index (χ4n) is 9.13. The molecule has 0 saturated carbocycles. The summed E-state index contributed by atoms with van der Waals surface area (Å²) < 4.78 is 0. The number of hydrogen-bond donors (Lipinski definition) is 1. The molecule has 244 valence electrons. The minimum atomic E-state index is -0.0692. The maximum Gasteiger partial charge on any atom is 0.132 e. The van der Waals surface area contributed by atoms with Gasteiger partial charge in [-0.3, -0.25) is 4.99 Å². The van der Waals surface area contributed by atoms with Gasteiger partial charge < -0.3 is 5.11 Å². The zero-order valence-corrected chi connectivity index (χ0v) is 28.4. The lowest BCUT2D eigenvalue weighted by atomic mass is 9.68. The number of rotatable bonds is 4. The van der Waals surface area contributed by atoms with Gasteiger partial charge in [0.05, 0.1) is 0 Å². The van der Waals surface area contributed by atoms with E-state index in [0.717, 1.165) is 54.9 Å². The van der Waals surface area contributed by atoms with Crippen LogP contribution in [0.15, 0.2) is 163 Å². The van der Waals surface area contributed by atoms with Gasteiger partial charge in [-0.1, -0.05) is 158 Å². The molecule has 0 radical (unpaired) electrons. The van der Waals surface area contributed by atoms with Crippen LogP contribution < -0.4 is 0 Å². The zero-order chi connectivity index (χ0) is 34.3. The van der Waals surface area contributed by atoms with Crippen LogP contribution in [0.5, 0.6) is 5.75 Å². The highest BCUT2D eigenvalue weighted by Gasteiger charge is 2.38. The Morgan fingerprint density at radius 1 is 0.481 bits per heavy atom. The molecule has 0 fully saturated rings. The molecule has 0 saturated heterocycles. The van der Waals surface area contributed by atoms with Gasteiger partial charge in [-0.05, 0) is 94.7 Å². The highest BCUT2D eigenvalue weighted by atomic mass is 16.3. The summed E-state index contributed by atoms with van der Waals surface area (Å²) in [6, 6.07) is 51.8. The average molecular weight is 664 g/mol. The van der Waals surface area contributed by atoms with Gasteiger partial charge in [0.15, 0.2) is 0 Å². The Hall–Kier alpha value is -6.51. The van der Waals surface area contributed by atoms with Gasteiger partial charge in [0, 0.05) is 29.0 Å². The summed E-state index contributed by atoms with van der Waals surface area (Å²) in [5.74, 6) is 0.675. The van der Waals surface area contributed by atoms with Gasteiger partial charge >= 0.3 is 0 Å². The van der Waals surface area contributed by atoms with Crippen molar-refractivity contribution in [1.82, 2.24) is 0 Å². The largest absolute Gasteiger partial charge is 0.507 e. The quantitative estimate of drug-likeness (QED) is 0.187. The molecule has 0 bridgehead atoms. The van der Waals surface area contributed by atoms with Crippen molar-refractivity contribution >= 4 is 50.7 Å². The van der Waals surface area contributed by atoms with Crippen LogP contribution in [0.25, 0.3) is 77.9 Å². The fraction of sp³-hybridized carbons (Fsp3) is 0.0600. The molecule has 2 nitrogen and oxygen atoms in total. The molecule has 52 heavy (non-hydrogen) atoms. The van der Waals surface area contributed by atoms with Crippen LogP contribution in [0, 0.1) is 0 Å². The Labute approximate surface area is 302 Å². The molecule has 2 heteroatoms. The van der Waals surface area contributed by atoms with Crippen molar-refractivity contribution in [3.8, 4) is 39.1 Å². The van der Waals surface area contributed by atoms with E-state index >= 15 is 0 Å². The number of benzene rings is 8. The summed E-state index contributed by atoms with van der Waals surface area (Å²) in [4.78, 5) is 4.91. The smallest absolute Gasteiger partial charge is 0.132 e. The van der Waals surface area contributed by atoms with Gasteiger partial charge in [-0.2, -0.15) is 0 Å². The van der Waals surface area contributed by atoms with Crippen LogP contribution in [0.1, 0.15) is 45.7 Å². The second-order valence-electron chi connectivity index (χ2n) is 14.3. The molecule has 2 aliphatic carbocycles. The van der Waals surface area contributed by atoms with Gasteiger partial charge in [-0.25, -0.2) is 0 Å². The van der Waals surface area contributed by atoms with Crippen molar-refractivity contribution in [3.63, 3.8) is 0 Å². The molecule has 1 heterocycles. The lowest BCUT2D eigenvalue weighted by molar-refractivity contribution is 0.484. The Kier molecular flexibility index (Phi) is 6.33. The SMILES string of the molecule is Oc1c(-c2c(-c3ccccc3)cc3c(c2C2C=N2)C2C=Cc4ccccc4C2C=C3)c(-c2ccccc2)cc2ccc3c4ccccc4ccc3c12. The molecule has 8 aromatic carbocycles. The molecular formula is C50H33NO. The summed E-state index contributed by atoms with van der Waals surface area (Å²) in [5, 5.41) is 19.6. The summed E-state index contributed by atoms with van der Waals surface area (Å²) >= 11 is 0. The third kappa shape index (κ3) is 4.34. The zero-order valence-electron chi connectivity index (χ0n) is 28.4. The third-order valence-electron chi connectivity index (χ3n) is 11.5. The molecule has 3 aliphatic rings. The number of fused-ring (bicyclic) bond motifs is 10. The number of phenols is 1. The molecule has 0 aromatic heterocycles. The summed E-state index contributed by atoms with van der Waals surface area (Å²) in [7, 11) is 0. The summed E-state index contributed by atoms with van der Waals surface area (Å²) in [5.41, 5.74) is 12.6. The number of hydrogen-bond acceptors (Lipinski definition) is 2. The van der Waals surface area contributed by atoms with E-state index in [1.54, 1.807) is 0 Å². The average Bonchev–Trinajstić information content (AvgIpc) is 4.06. The minimum absolute atomic E-state index is 0.0692. The summed E-state index contributed by atoms with van der Waals surface area (Å²) in [6.45, 7) is 0. The molecule has 0 amide bonds. The van der Waals surface area contributed by atoms with E-state index in [1.165, 1.54) is 38.6 Å². The highest BCUT2D eigenvalue weighted by molar-refractivity contribution is 6.21. The Bertz CT molecular complexity index is 2860. The lowest BCUT2D eigenvalue weighted by Gasteiger charge is -2.35. The Morgan fingerprint density at radius 2 is 1.12 bits per heavy atom. The Balaban J connectivity index is 1.30. The first-order valence-corrected chi connectivity index (χ1v) is 18.1. The standard InChI is InChI=1S/C50H33NO/c52-50-46-35(22-24-39-37-18-10-8-16-33(37)20-26-41(39)46)28-43(31-13-5-2-6-14-31)48(50)47-42(30-11-3-1-4-12-30)27-34-21-23-38-36-17-9-7-15-32(36)19-25-40(38)45(34)49(47)44-29-51-44/h1-29,38,40,44,52H. The highest BCUT2D eigenvalue weighted by Crippen LogP contribution is 2.57. The van der Waals surface area contributed by atoms with Crippen molar-refractivity contribution in [2.75, 3.05) is 0 Å². The van der Waals surface area contributed by atoms with Crippen LogP contribution in [0.2, 0.25) is 0 Å².